The van der Waals surface area contributed by atoms with Gasteiger partial charge in [0.05, 0.1) is 18.2 Å². The van der Waals surface area contributed by atoms with E-state index < -0.39 is 24.0 Å². The number of carbonyl (C=O) groups excluding carboxylic acids is 2. The third kappa shape index (κ3) is 5.15. The molecule has 8 nitrogen and oxygen atoms in total. The number of amides is 2. The highest BCUT2D eigenvalue weighted by atomic mass is 35.5. The first-order valence-corrected chi connectivity index (χ1v) is 10.5. The molecule has 3 N–H and O–H groups in total. The third-order valence-corrected chi connectivity index (χ3v) is 5.59. The molecular formula is C23H24ClN3O5. The van der Waals surface area contributed by atoms with Gasteiger partial charge in [-0.15, -0.1) is 0 Å². The zero-order chi connectivity index (χ0) is 23.4. The Bertz CT molecular complexity index is 1090. The Hall–Kier alpha value is -3.23. The molecule has 0 saturated heterocycles. The second-order valence-electron chi connectivity index (χ2n) is 7.57. The highest BCUT2D eigenvalue weighted by molar-refractivity contribution is 6.31. The molecular weight excluding hydrogens is 434 g/mol. The van der Waals surface area contributed by atoms with Gasteiger partial charge in [-0.3, -0.25) is 9.59 Å². The maximum atomic E-state index is 13.0. The lowest BCUT2D eigenvalue weighted by Crippen LogP contribution is -2.48. The zero-order valence-electron chi connectivity index (χ0n) is 17.7. The van der Waals surface area contributed by atoms with E-state index in [1.807, 2.05) is 6.92 Å². The van der Waals surface area contributed by atoms with Crippen LogP contribution >= 0.6 is 11.6 Å². The molecule has 0 fully saturated rings. The zero-order valence-corrected chi connectivity index (χ0v) is 18.5. The molecule has 9 heteroatoms. The predicted octanol–water partition coefficient (Wildman–Crippen LogP) is 2.80. The second-order valence-corrected chi connectivity index (χ2v) is 7.98. The van der Waals surface area contributed by atoms with Gasteiger partial charge in [0.1, 0.15) is 0 Å². The summed E-state index contributed by atoms with van der Waals surface area (Å²) in [6, 6.07) is 10.6. The van der Waals surface area contributed by atoms with E-state index in [0.717, 1.165) is 5.56 Å². The van der Waals surface area contributed by atoms with Gasteiger partial charge in [0.15, 0.2) is 6.10 Å². The van der Waals surface area contributed by atoms with E-state index in [1.165, 1.54) is 5.01 Å². The summed E-state index contributed by atoms with van der Waals surface area (Å²) in [5.74, 6) is -2.23. The summed E-state index contributed by atoms with van der Waals surface area (Å²) in [6.07, 6.45) is -0.975. The summed E-state index contributed by atoms with van der Waals surface area (Å²) >= 11 is 6.17. The number of hydrazone groups is 1. The fourth-order valence-corrected chi connectivity index (χ4v) is 3.72. The lowest BCUT2D eigenvalue weighted by atomic mass is 10.00. The molecule has 2 atom stereocenters. The van der Waals surface area contributed by atoms with E-state index in [2.05, 4.69) is 10.4 Å². The highest BCUT2D eigenvalue weighted by Crippen LogP contribution is 2.27. The van der Waals surface area contributed by atoms with Crippen LogP contribution in [0.1, 0.15) is 41.8 Å². The average Bonchev–Trinajstić information content (AvgIpc) is 3.11. The van der Waals surface area contributed by atoms with Crippen molar-refractivity contribution in [3.05, 3.63) is 64.2 Å². The standard InChI is InChI=1S/C23H24ClN3O5/c1-3-14-8-9-16(12-19(14)27-20(28)10-13(2)26-27)22(30)25-18(21(29)23(31)32)11-15-6-4-5-7-17(15)24/h4-9,12,18,21,29H,3,10-11H2,1-2H3,(H,25,30)(H,31,32). The lowest BCUT2D eigenvalue weighted by Gasteiger charge is -2.23. The van der Waals surface area contributed by atoms with Crippen LogP contribution < -0.4 is 10.3 Å². The van der Waals surface area contributed by atoms with Gasteiger partial charge in [0.2, 0.25) is 0 Å². The molecule has 1 heterocycles. The van der Waals surface area contributed by atoms with E-state index in [4.69, 9.17) is 11.6 Å². The van der Waals surface area contributed by atoms with Gasteiger partial charge < -0.3 is 15.5 Å². The van der Waals surface area contributed by atoms with E-state index >= 15 is 0 Å². The topological polar surface area (TPSA) is 119 Å². The summed E-state index contributed by atoms with van der Waals surface area (Å²) in [4.78, 5) is 36.7. The Morgan fingerprint density at radius 1 is 1.22 bits per heavy atom. The van der Waals surface area contributed by atoms with Gasteiger partial charge in [0.25, 0.3) is 11.8 Å². The number of anilines is 1. The van der Waals surface area contributed by atoms with Crippen molar-refractivity contribution in [2.24, 2.45) is 5.10 Å². The van der Waals surface area contributed by atoms with Gasteiger partial charge >= 0.3 is 5.97 Å². The molecule has 2 amide bonds. The van der Waals surface area contributed by atoms with E-state index in [0.29, 0.717) is 28.4 Å². The Balaban J connectivity index is 1.89. The number of hydrogen-bond acceptors (Lipinski definition) is 5. The molecule has 2 unspecified atom stereocenters. The fourth-order valence-electron chi connectivity index (χ4n) is 3.51. The molecule has 1 aliphatic rings. The smallest absolute Gasteiger partial charge is 0.334 e. The molecule has 0 radical (unpaired) electrons. The Morgan fingerprint density at radius 2 is 1.94 bits per heavy atom. The molecule has 0 aliphatic carbocycles. The number of aryl methyl sites for hydroxylation is 1. The van der Waals surface area contributed by atoms with Crippen LogP contribution in [-0.4, -0.2) is 45.9 Å². The molecule has 1 aliphatic heterocycles. The monoisotopic (exact) mass is 457 g/mol. The van der Waals surface area contributed by atoms with Crippen molar-refractivity contribution in [1.82, 2.24) is 5.32 Å². The summed E-state index contributed by atoms with van der Waals surface area (Å²) < 4.78 is 0. The Morgan fingerprint density at radius 3 is 2.53 bits per heavy atom. The highest BCUT2D eigenvalue weighted by Gasteiger charge is 2.30. The van der Waals surface area contributed by atoms with Gasteiger partial charge in [0, 0.05) is 16.3 Å². The van der Waals surface area contributed by atoms with E-state index in [9.17, 15) is 24.6 Å². The minimum atomic E-state index is -1.84. The quantitative estimate of drug-likeness (QED) is 0.563. The number of carbonyl (C=O) groups is 3. The van der Waals surface area contributed by atoms with Crippen molar-refractivity contribution in [2.75, 3.05) is 5.01 Å². The van der Waals surface area contributed by atoms with Crippen LogP contribution in [0.5, 0.6) is 0 Å². The van der Waals surface area contributed by atoms with Crippen LogP contribution in [0, 0.1) is 0 Å². The predicted molar refractivity (Wildman–Crippen MR) is 121 cm³/mol. The van der Waals surface area contributed by atoms with Crippen LogP contribution in [0.4, 0.5) is 5.69 Å². The minimum absolute atomic E-state index is 0.0207. The molecule has 0 spiro atoms. The van der Waals surface area contributed by atoms with Crippen LogP contribution in [-0.2, 0) is 22.4 Å². The number of hydrogen-bond donors (Lipinski definition) is 3. The first-order valence-electron chi connectivity index (χ1n) is 10.2. The SMILES string of the molecule is CCc1ccc(C(=O)NC(Cc2ccccc2Cl)C(O)C(=O)O)cc1N1N=C(C)CC1=O. The van der Waals surface area contributed by atoms with Crippen molar-refractivity contribution >= 4 is 40.8 Å². The summed E-state index contributed by atoms with van der Waals surface area (Å²) in [5.41, 5.74) is 2.83. The number of aliphatic carboxylic acids is 1. The van der Waals surface area contributed by atoms with Gasteiger partial charge in [-0.25, -0.2) is 9.80 Å². The van der Waals surface area contributed by atoms with Crippen molar-refractivity contribution in [3.8, 4) is 0 Å². The first kappa shape index (κ1) is 23.4. The number of aliphatic hydroxyl groups excluding tert-OH is 1. The maximum absolute atomic E-state index is 13.0. The van der Waals surface area contributed by atoms with Crippen LogP contribution in [0.25, 0.3) is 0 Å². The Labute approximate surface area is 190 Å². The van der Waals surface area contributed by atoms with Crippen LogP contribution in [0.3, 0.4) is 0 Å². The second kappa shape index (κ2) is 9.93. The first-order chi connectivity index (χ1) is 15.2. The molecule has 2 aromatic carbocycles. The number of carboxylic acids is 1. The van der Waals surface area contributed by atoms with E-state index in [-0.39, 0.29) is 24.3 Å². The molecule has 0 saturated carbocycles. The molecule has 168 valence electrons. The van der Waals surface area contributed by atoms with Gasteiger partial charge in [-0.05, 0) is 49.1 Å². The van der Waals surface area contributed by atoms with Crippen LogP contribution in [0.15, 0.2) is 47.6 Å². The van der Waals surface area contributed by atoms with Crippen LogP contribution in [0.2, 0.25) is 5.02 Å². The summed E-state index contributed by atoms with van der Waals surface area (Å²) in [5, 5.41) is 28.0. The molecule has 32 heavy (non-hydrogen) atoms. The maximum Gasteiger partial charge on any atom is 0.334 e. The van der Waals surface area contributed by atoms with Crippen molar-refractivity contribution in [2.45, 2.75) is 45.3 Å². The van der Waals surface area contributed by atoms with Gasteiger partial charge in [-0.2, -0.15) is 5.10 Å². The number of aliphatic hydroxyl groups is 1. The van der Waals surface area contributed by atoms with E-state index in [1.54, 1.807) is 49.4 Å². The number of carboxylic acid groups (broad SMARTS) is 1. The summed E-state index contributed by atoms with van der Waals surface area (Å²) in [7, 11) is 0. The van der Waals surface area contributed by atoms with Crippen molar-refractivity contribution < 1.29 is 24.6 Å². The number of rotatable bonds is 8. The van der Waals surface area contributed by atoms with Gasteiger partial charge in [-0.1, -0.05) is 42.8 Å². The normalized spacial score (nSPS) is 15.3. The Kier molecular flexibility index (Phi) is 7.27. The minimum Gasteiger partial charge on any atom is -0.479 e. The third-order valence-electron chi connectivity index (χ3n) is 5.22. The molecule has 3 rings (SSSR count). The number of halogens is 1. The fraction of sp³-hybridized carbons (Fsp3) is 0.304. The molecule has 0 bridgehead atoms. The lowest BCUT2D eigenvalue weighted by molar-refractivity contribution is -0.148. The average molecular weight is 458 g/mol. The number of nitrogens with zero attached hydrogens (tertiary/aromatic N) is 2. The number of benzene rings is 2. The molecule has 2 aromatic rings. The molecule has 0 aromatic heterocycles. The number of nitrogens with one attached hydrogen (secondary N) is 1. The summed E-state index contributed by atoms with van der Waals surface area (Å²) in [6.45, 7) is 3.69. The van der Waals surface area contributed by atoms with Crippen molar-refractivity contribution in [1.29, 1.82) is 0 Å². The largest absolute Gasteiger partial charge is 0.479 e. The van der Waals surface area contributed by atoms with Crippen molar-refractivity contribution in [3.63, 3.8) is 0 Å².